The van der Waals surface area contributed by atoms with Crippen molar-refractivity contribution in [1.29, 1.82) is 0 Å². The number of nitrogens with one attached hydrogen (secondary N) is 1. The molecule has 104 valence electrons. The summed E-state index contributed by atoms with van der Waals surface area (Å²) in [5.74, 6) is -0.419. The van der Waals surface area contributed by atoms with Gasteiger partial charge in [0.15, 0.2) is 0 Å². The molecule has 1 amide bonds. The monoisotopic (exact) mass is 332 g/mol. The molecule has 0 atom stereocenters. The Balaban J connectivity index is 2.59. The zero-order valence-corrected chi connectivity index (χ0v) is 11.6. The number of non-ortho nitro benzene ring substituents is 1. The molecule has 0 saturated carbocycles. The highest BCUT2D eigenvalue weighted by molar-refractivity contribution is 9.10. The number of carbonyl (C=O) groups excluding carboxylic acids is 1. The SMILES string of the molecule is O=C(NCCOCCO)c1cc(Br)cc([N+](=O)[O-])c1. The molecule has 0 unspecified atom stereocenters. The first-order chi connectivity index (χ1) is 9.04. The third-order valence-corrected chi connectivity index (χ3v) is 2.58. The molecule has 0 aliphatic rings. The van der Waals surface area contributed by atoms with Crippen LogP contribution in [0.15, 0.2) is 22.7 Å². The van der Waals surface area contributed by atoms with Gasteiger partial charge in [0.1, 0.15) is 0 Å². The Bertz CT molecular complexity index is 466. The lowest BCUT2D eigenvalue weighted by Crippen LogP contribution is -2.27. The van der Waals surface area contributed by atoms with Gasteiger partial charge < -0.3 is 15.2 Å². The molecule has 0 saturated heterocycles. The van der Waals surface area contributed by atoms with Gasteiger partial charge in [-0.1, -0.05) is 15.9 Å². The number of hydrogen-bond donors (Lipinski definition) is 2. The minimum absolute atomic E-state index is 0.0776. The fraction of sp³-hybridized carbons (Fsp3) is 0.364. The van der Waals surface area contributed by atoms with Crippen molar-refractivity contribution in [2.24, 2.45) is 0 Å². The molecule has 7 nitrogen and oxygen atoms in total. The molecule has 1 aromatic carbocycles. The van der Waals surface area contributed by atoms with Crippen molar-refractivity contribution in [3.8, 4) is 0 Å². The van der Waals surface area contributed by atoms with Crippen LogP contribution in [-0.2, 0) is 4.74 Å². The lowest BCUT2D eigenvalue weighted by atomic mass is 10.2. The first-order valence-corrected chi connectivity index (χ1v) is 6.25. The molecule has 0 aliphatic carbocycles. The number of nitrogens with zero attached hydrogens (tertiary/aromatic N) is 1. The van der Waals surface area contributed by atoms with Gasteiger partial charge in [0, 0.05) is 28.7 Å². The number of aliphatic hydroxyl groups is 1. The third-order valence-electron chi connectivity index (χ3n) is 2.12. The van der Waals surface area contributed by atoms with E-state index in [2.05, 4.69) is 21.2 Å². The van der Waals surface area contributed by atoms with Crippen LogP contribution in [0, 0.1) is 10.1 Å². The first-order valence-electron chi connectivity index (χ1n) is 5.46. The molecular formula is C11H13BrN2O5. The van der Waals surface area contributed by atoms with Gasteiger partial charge in [0.2, 0.25) is 0 Å². The van der Waals surface area contributed by atoms with E-state index in [-0.39, 0.29) is 37.6 Å². The highest BCUT2D eigenvalue weighted by Gasteiger charge is 2.13. The van der Waals surface area contributed by atoms with Crippen LogP contribution in [0.1, 0.15) is 10.4 Å². The van der Waals surface area contributed by atoms with E-state index in [0.29, 0.717) is 4.47 Å². The zero-order valence-electron chi connectivity index (χ0n) is 9.97. The van der Waals surface area contributed by atoms with Gasteiger partial charge in [-0.3, -0.25) is 14.9 Å². The summed E-state index contributed by atoms with van der Waals surface area (Å²) in [7, 11) is 0. The number of halogens is 1. The van der Waals surface area contributed by atoms with E-state index in [4.69, 9.17) is 9.84 Å². The van der Waals surface area contributed by atoms with Gasteiger partial charge in [-0.2, -0.15) is 0 Å². The number of hydrogen-bond acceptors (Lipinski definition) is 5. The van der Waals surface area contributed by atoms with Gasteiger partial charge in [0.25, 0.3) is 11.6 Å². The van der Waals surface area contributed by atoms with Crippen molar-refractivity contribution in [2.75, 3.05) is 26.4 Å². The van der Waals surface area contributed by atoms with E-state index in [9.17, 15) is 14.9 Å². The summed E-state index contributed by atoms with van der Waals surface area (Å²) >= 11 is 3.12. The van der Waals surface area contributed by atoms with Crippen LogP contribution in [0.3, 0.4) is 0 Å². The average molecular weight is 333 g/mol. The highest BCUT2D eigenvalue weighted by Crippen LogP contribution is 2.21. The number of nitro benzene ring substituents is 1. The molecule has 0 bridgehead atoms. The van der Waals surface area contributed by atoms with Crippen LogP contribution in [0.5, 0.6) is 0 Å². The van der Waals surface area contributed by atoms with Crippen molar-refractivity contribution in [3.05, 3.63) is 38.3 Å². The number of ether oxygens (including phenoxy) is 1. The van der Waals surface area contributed by atoms with E-state index in [1.165, 1.54) is 18.2 Å². The Morgan fingerprint density at radius 2 is 2.16 bits per heavy atom. The van der Waals surface area contributed by atoms with Crippen molar-refractivity contribution < 1.29 is 19.6 Å². The summed E-state index contributed by atoms with van der Waals surface area (Å²) in [5.41, 5.74) is 0.0410. The number of benzene rings is 1. The van der Waals surface area contributed by atoms with Gasteiger partial charge in [-0.05, 0) is 6.07 Å². The van der Waals surface area contributed by atoms with E-state index in [1.807, 2.05) is 0 Å². The second kappa shape index (κ2) is 7.82. The summed E-state index contributed by atoms with van der Waals surface area (Å²) in [5, 5.41) is 21.7. The Morgan fingerprint density at radius 1 is 1.42 bits per heavy atom. The Morgan fingerprint density at radius 3 is 2.79 bits per heavy atom. The van der Waals surface area contributed by atoms with Crippen LogP contribution < -0.4 is 5.32 Å². The summed E-state index contributed by atoms with van der Waals surface area (Å²) < 4.78 is 5.43. The fourth-order valence-corrected chi connectivity index (χ4v) is 1.80. The maximum Gasteiger partial charge on any atom is 0.271 e. The molecule has 19 heavy (non-hydrogen) atoms. The zero-order chi connectivity index (χ0) is 14.3. The Kier molecular flexibility index (Phi) is 6.40. The number of nitro groups is 1. The average Bonchev–Trinajstić information content (AvgIpc) is 2.37. The van der Waals surface area contributed by atoms with Crippen LogP contribution in [0.4, 0.5) is 5.69 Å². The van der Waals surface area contributed by atoms with Crippen LogP contribution in [-0.4, -0.2) is 42.3 Å². The predicted octanol–water partition coefficient (Wildman–Crippen LogP) is 1.10. The summed E-state index contributed by atoms with van der Waals surface area (Å²) in [4.78, 5) is 21.9. The van der Waals surface area contributed by atoms with E-state index >= 15 is 0 Å². The van der Waals surface area contributed by atoms with Crippen LogP contribution in [0.25, 0.3) is 0 Å². The molecule has 0 aliphatic heterocycles. The lowest BCUT2D eigenvalue weighted by Gasteiger charge is -2.06. The molecule has 0 aromatic heterocycles. The molecule has 8 heteroatoms. The molecule has 0 fully saturated rings. The number of carbonyl (C=O) groups is 1. The molecule has 2 N–H and O–H groups in total. The van der Waals surface area contributed by atoms with Crippen molar-refractivity contribution >= 4 is 27.5 Å². The van der Waals surface area contributed by atoms with Gasteiger partial charge >= 0.3 is 0 Å². The smallest absolute Gasteiger partial charge is 0.271 e. The quantitative estimate of drug-likeness (QED) is 0.442. The first kappa shape index (κ1) is 15.5. The second-order valence-electron chi connectivity index (χ2n) is 3.55. The largest absolute Gasteiger partial charge is 0.394 e. The number of aliphatic hydroxyl groups excluding tert-OH is 1. The van der Waals surface area contributed by atoms with Crippen LogP contribution >= 0.6 is 15.9 Å². The standard InChI is InChI=1S/C11H13BrN2O5/c12-9-5-8(6-10(7-9)14(17)18)11(16)13-1-3-19-4-2-15/h5-7,15H,1-4H2,(H,13,16). The third kappa shape index (κ3) is 5.33. The summed E-state index contributed by atoms with van der Waals surface area (Å²) in [6.45, 7) is 0.658. The van der Waals surface area contributed by atoms with E-state index in [0.717, 1.165) is 0 Å². The topological polar surface area (TPSA) is 102 Å². The maximum absolute atomic E-state index is 11.7. The van der Waals surface area contributed by atoms with E-state index in [1.54, 1.807) is 0 Å². The maximum atomic E-state index is 11.7. The van der Waals surface area contributed by atoms with Crippen molar-refractivity contribution in [3.63, 3.8) is 0 Å². The second-order valence-corrected chi connectivity index (χ2v) is 4.46. The van der Waals surface area contributed by atoms with Gasteiger partial charge in [-0.25, -0.2) is 0 Å². The van der Waals surface area contributed by atoms with Crippen LogP contribution in [0.2, 0.25) is 0 Å². The molecular weight excluding hydrogens is 320 g/mol. The van der Waals surface area contributed by atoms with Gasteiger partial charge in [0.05, 0.1) is 24.7 Å². The normalized spacial score (nSPS) is 10.2. The molecule has 0 radical (unpaired) electrons. The van der Waals surface area contributed by atoms with Crippen molar-refractivity contribution in [2.45, 2.75) is 0 Å². The molecule has 0 spiro atoms. The molecule has 0 heterocycles. The molecule has 1 rings (SSSR count). The number of rotatable bonds is 7. The minimum atomic E-state index is -0.564. The van der Waals surface area contributed by atoms with E-state index < -0.39 is 10.8 Å². The summed E-state index contributed by atoms with van der Waals surface area (Å²) in [6.07, 6.45) is 0. The summed E-state index contributed by atoms with van der Waals surface area (Å²) in [6, 6.07) is 4.02. The van der Waals surface area contributed by atoms with Gasteiger partial charge in [-0.15, -0.1) is 0 Å². The lowest BCUT2D eigenvalue weighted by molar-refractivity contribution is -0.385. The predicted molar refractivity (Wildman–Crippen MR) is 71.0 cm³/mol. The Labute approximate surface area is 117 Å². The minimum Gasteiger partial charge on any atom is -0.394 e. The Hall–Kier alpha value is -1.51. The fourth-order valence-electron chi connectivity index (χ4n) is 1.32. The van der Waals surface area contributed by atoms with Crippen molar-refractivity contribution in [1.82, 2.24) is 5.32 Å². The highest BCUT2D eigenvalue weighted by atomic mass is 79.9. The number of amides is 1. The molecule has 1 aromatic rings.